The number of anilines is 1. The van der Waals surface area contributed by atoms with Gasteiger partial charge in [0.1, 0.15) is 6.73 Å². The van der Waals surface area contributed by atoms with E-state index in [1.165, 1.54) is 0 Å². The van der Waals surface area contributed by atoms with Gasteiger partial charge in [-0.1, -0.05) is 13.8 Å². The van der Waals surface area contributed by atoms with E-state index < -0.39 is 0 Å². The minimum Gasteiger partial charge on any atom is -0.360 e. The highest BCUT2D eigenvalue weighted by atomic mass is 16.5. The Morgan fingerprint density at radius 1 is 1.47 bits per heavy atom. The van der Waals surface area contributed by atoms with Gasteiger partial charge in [-0.3, -0.25) is 4.79 Å². The van der Waals surface area contributed by atoms with E-state index in [0.29, 0.717) is 13.3 Å². The molecule has 1 aromatic rings. The fraction of sp³-hybridized carbons (Fsp3) is 0.667. The second-order valence-electron chi connectivity index (χ2n) is 3.89. The fourth-order valence-corrected chi connectivity index (χ4v) is 1.59. The van der Waals surface area contributed by atoms with E-state index in [0.717, 1.165) is 18.5 Å². The molecule has 1 amide bonds. The summed E-state index contributed by atoms with van der Waals surface area (Å²) in [6.45, 7) is 7.03. The molecular weight excluding hydrogens is 218 g/mol. The number of carbonyl (C=O) groups is 1. The van der Waals surface area contributed by atoms with Crippen molar-refractivity contribution >= 4 is 11.6 Å². The number of ether oxygens (including phenoxy) is 1. The summed E-state index contributed by atoms with van der Waals surface area (Å²) in [5.74, 6) is 0.135. The molecule has 1 aromatic heterocycles. The smallest absolute Gasteiger partial charge is 0.227 e. The Balaban J connectivity index is 2.51. The van der Waals surface area contributed by atoms with Gasteiger partial charge in [0.25, 0.3) is 0 Å². The Kier molecular flexibility index (Phi) is 5.69. The van der Waals surface area contributed by atoms with Crippen LogP contribution in [0, 0.1) is 5.92 Å². The van der Waals surface area contributed by atoms with Gasteiger partial charge in [-0.15, -0.1) is 0 Å². The fourth-order valence-electron chi connectivity index (χ4n) is 1.59. The predicted molar refractivity (Wildman–Crippen MR) is 66.6 cm³/mol. The Labute approximate surface area is 102 Å². The van der Waals surface area contributed by atoms with E-state index >= 15 is 0 Å². The second kappa shape index (κ2) is 7.06. The molecule has 0 saturated carbocycles. The van der Waals surface area contributed by atoms with E-state index in [4.69, 9.17) is 4.74 Å². The van der Waals surface area contributed by atoms with Crippen LogP contribution in [0.3, 0.4) is 0 Å². The summed E-state index contributed by atoms with van der Waals surface area (Å²) in [6.07, 6.45) is 5.13. The van der Waals surface area contributed by atoms with Crippen LogP contribution in [-0.4, -0.2) is 22.3 Å². The van der Waals surface area contributed by atoms with Crippen molar-refractivity contribution < 1.29 is 9.53 Å². The summed E-state index contributed by atoms with van der Waals surface area (Å²) < 4.78 is 6.87. The van der Waals surface area contributed by atoms with Gasteiger partial charge in [-0.2, -0.15) is 5.10 Å². The molecule has 1 N–H and O–H groups in total. The third kappa shape index (κ3) is 4.19. The van der Waals surface area contributed by atoms with Crippen molar-refractivity contribution in [3.05, 3.63) is 12.4 Å². The molecule has 0 radical (unpaired) electrons. The Hall–Kier alpha value is -1.36. The molecule has 17 heavy (non-hydrogen) atoms. The number of amides is 1. The minimum absolute atomic E-state index is 0.0611. The lowest BCUT2D eigenvalue weighted by atomic mass is 10.0. The van der Waals surface area contributed by atoms with Crippen LogP contribution < -0.4 is 5.32 Å². The summed E-state index contributed by atoms with van der Waals surface area (Å²) in [5.41, 5.74) is 0.724. The standard InChI is InChI=1S/C12H21N3O2/c1-4-10(5-2)12(16)14-11-7-13-15(8-11)9-17-6-3/h7-8,10H,4-6,9H2,1-3H3,(H,14,16). The summed E-state index contributed by atoms with van der Waals surface area (Å²) >= 11 is 0. The average molecular weight is 239 g/mol. The van der Waals surface area contributed by atoms with Gasteiger partial charge in [-0.25, -0.2) is 4.68 Å². The normalized spacial score (nSPS) is 10.8. The van der Waals surface area contributed by atoms with Crippen LogP contribution in [0.25, 0.3) is 0 Å². The lowest BCUT2D eigenvalue weighted by Gasteiger charge is -2.10. The van der Waals surface area contributed by atoms with Crippen molar-refractivity contribution in [1.29, 1.82) is 0 Å². The first-order chi connectivity index (χ1) is 8.21. The van der Waals surface area contributed by atoms with Crippen LogP contribution in [-0.2, 0) is 16.3 Å². The van der Waals surface area contributed by atoms with Gasteiger partial charge >= 0.3 is 0 Å². The maximum atomic E-state index is 11.8. The zero-order valence-corrected chi connectivity index (χ0v) is 10.8. The number of nitrogens with one attached hydrogen (secondary N) is 1. The molecule has 0 saturated heterocycles. The van der Waals surface area contributed by atoms with Crippen LogP contribution in [0.4, 0.5) is 5.69 Å². The molecular formula is C12H21N3O2. The lowest BCUT2D eigenvalue weighted by molar-refractivity contribution is -0.120. The first-order valence-corrected chi connectivity index (χ1v) is 6.12. The van der Waals surface area contributed by atoms with Crippen LogP contribution >= 0.6 is 0 Å². The molecule has 96 valence electrons. The van der Waals surface area contributed by atoms with E-state index in [2.05, 4.69) is 10.4 Å². The maximum Gasteiger partial charge on any atom is 0.227 e. The van der Waals surface area contributed by atoms with Gasteiger partial charge in [0, 0.05) is 12.5 Å². The van der Waals surface area contributed by atoms with Crippen molar-refractivity contribution in [3.8, 4) is 0 Å². The van der Waals surface area contributed by atoms with Gasteiger partial charge in [0.2, 0.25) is 5.91 Å². The van der Waals surface area contributed by atoms with Gasteiger partial charge in [-0.05, 0) is 19.8 Å². The first-order valence-electron chi connectivity index (χ1n) is 6.12. The number of hydrogen-bond acceptors (Lipinski definition) is 3. The Morgan fingerprint density at radius 2 is 2.18 bits per heavy atom. The average Bonchev–Trinajstić information content (AvgIpc) is 2.75. The number of rotatable bonds is 7. The zero-order chi connectivity index (χ0) is 12.7. The second-order valence-corrected chi connectivity index (χ2v) is 3.89. The number of carbonyl (C=O) groups excluding carboxylic acids is 1. The first kappa shape index (κ1) is 13.7. The third-order valence-electron chi connectivity index (χ3n) is 2.68. The highest BCUT2D eigenvalue weighted by Crippen LogP contribution is 2.12. The van der Waals surface area contributed by atoms with Crippen LogP contribution in [0.15, 0.2) is 12.4 Å². The molecule has 5 nitrogen and oxygen atoms in total. The molecule has 5 heteroatoms. The number of aromatic nitrogens is 2. The Morgan fingerprint density at radius 3 is 2.76 bits per heavy atom. The van der Waals surface area contributed by atoms with Crippen molar-refractivity contribution in [1.82, 2.24) is 9.78 Å². The van der Waals surface area contributed by atoms with E-state index in [1.807, 2.05) is 20.8 Å². The monoisotopic (exact) mass is 239 g/mol. The summed E-state index contributed by atoms with van der Waals surface area (Å²) in [5, 5.41) is 6.96. The molecule has 0 aliphatic carbocycles. The quantitative estimate of drug-likeness (QED) is 0.794. The number of nitrogens with zero attached hydrogens (tertiary/aromatic N) is 2. The molecule has 0 unspecified atom stereocenters. The largest absolute Gasteiger partial charge is 0.360 e. The topological polar surface area (TPSA) is 56.1 Å². The molecule has 0 fully saturated rings. The minimum atomic E-state index is 0.0611. The highest BCUT2D eigenvalue weighted by Gasteiger charge is 2.14. The van der Waals surface area contributed by atoms with Crippen molar-refractivity contribution in [2.75, 3.05) is 11.9 Å². The molecule has 0 aromatic carbocycles. The molecule has 0 bridgehead atoms. The molecule has 0 spiro atoms. The molecule has 0 aliphatic heterocycles. The summed E-state index contributed by atoms with van der Waals surface area (Å²) in [7, 11) is 0. The maximum absolute atomic E-state index is 11.8. The molecule has 0 atom stereocenters. The lowest BCUT2D eigenvalue weighted by Crippen LogP contribution is -2.21. The van der Waals surface area contributed by atoms with Crippen LogP contribution in [0.1, 0.15) is 33.6 Å². The van der Waals surface area contributed by atoms with E-state index in [-0.39, 0.29) is 11.8 Å². The van der Waals surface area contributed by atoms with Crippen LogP contribution in [0.2, 0.25) is 0 Å². The zero-order valence-electron chi connectivity index (χ0n) is 10.8. The predicted octanol–water partition coefficient (Wildman–Crippen LogP) is 2.25. The van der Waals surface area contributed by atoms with Crippen molar-refractivity contribution in [2.24, 2.45) is 5.92 Å². The molecule has 1 rings (SSSR count). The van der Waals surface area contributed by atoms with Crippen LogP contribution in [0.5, 0.6) is 0 Å². The SMILES string of the molecule is CCOCn1cc(NC(=O)C(CC)CC)cn1. The van der Waals surface area contributed by atoms with Crippen molar-refractivity contribution in [2.45, 2.75) is 40.3 Å². The summed E-state index contributed by atoms with van der Waals surface area (Å²) in [4.78, 5) is 11.8. The third-order valence-corrected chi connectivity index (χ3v) is 2.68. The van der Waals surface area contributed by atoms with Gasteiger partial charge in [0.15, 0.2) is 0 Å². The van der Waals surface area contributed by atoms with E-state index in [9.17, 15) is 4.79 Å². The molecule has 0 aliphatic rings. The Bertz CT molecular complexity index is 345. The number of hydrogen-bond donors (Lipinski definition) is 1. The van der Waals surface area contributed by atoms with Gasteiger partial charge < -0.3 is 10.1 Å². The van der Waals surface area contributed by atoms with Crippen molar-refractivity contribution in [3.63, 3.8) is 0 Å². The highest BCUT2D eigenvalue weighted by molar-refractivity contribution is 5.92. The van der Waals surface area contributed by atoms with Gasteiger partial charge in [0.05, 0.1) is 18.1 Å². The molecule has 1 heterocycles. The summed E-state index contributed by atoms with van der Waals surface area (Å²) in [6, 6.07) is 0. The van der Waals surface area contributed by atoms with E-state index in [1.54, 1.807) is 17.1 Å².